The van der Waals surface area contributed by atoms with E-state index >= 15 is 0 Å². The molecule has 5 nitrogen and oxygen atoms in total. The average molecular weight is 250 g/mol. The third kappa shape index (κ3) is 3.23. The summed E-state index contributed by atoms with van der Waals surface area (Å²) in [5, 5.41) is 2.46. The summed E-state index contributed by atoms with van der Waals surface area (Å²) in [5.41, 5.74) is 8.16. The zero-order chi connectivity index (χ0) is 13.7. The molecule has 0 saturated carbocycles. The van der Waals surface area contributed by atoms with E-state index in [1.54, 1.807) is 7.11 Å². The fourth-order valence-electron chi connectivity index (χ4n) is 1.74. The maximum Gasteiger partial charge on any atom is 0.309 e. The third-order valence-electron chi connectivity index (χ3n) is 2.97. The molecular formula is C13H18N2O3. The number of amides is 2. The molecule has 0 unspecified atom stereocenters. The Kier molecular flexibility index (Phi) is 4.71. The molecule has 0 atom stereocenters. The molecule has 98 valence electrons. The van der Waals surface area contributed by atoms with Crippen LogP contribution in [0, 0.1) is 13.8 Å². The summed E-state index contributed by atoms with van der Waals surface area (Å²) in [5.74, 6) is -0.868. The van der Waals surface area contributed by atoms with E-state index in [9.17, 15) is 9.59 Å². The first kappa shape index (κ1) is 14.0. The molecule has 3 N–H and O–H groups in total. The Bertz CT molecular complexity index is 470. The fourth-order valence-corrected chi connectivity index (χ4v) is 1.74. The Hall–Kier alpha value is -2.04. The number of nitrogens with one attached hydrogen (secondary N) is 1. The van der Waals surface area contributed by atoms with Gasteiger partial charge in [0.1, 0.15) is 5.75 Å². The molecule has 0 heterocycles. The van der Waals surface area contributed by atoms with E-state index in [0.29, 0.717) is 13.0 Å². The second-order valence-corrected chi connectivity index (χ2v) is 4.05. The van der Waals surface area contributed by atoms with Crippen molar-refractivity contribution in [1.82, 2.24) is 5.32 Å². The summed E-state index contributed by atoms with van der Waals surface area (Å²) in [4.78, 5) is 21.5. The van der Waals surface area contributed by atoms with Crippen molar-refractivity contribution in [2.75, 3.05) is 13.7 Å². The lowest BCUT2D eigenvalue weighted by atomic mass is 10.00. The maximum atomic E-state index is 11.0. The Balaban J connectivity index is 2.66. The highest BCUT2D eigenvalue weighted by atomic mass is 16.5. The lowest BCUT2D eigenvalue weighted by molar-refractivity contribution is -0.137. The molecule has 1 aromatic carbocycles. The van der Waals surface area contributed by atoms with Gasteiger partial charge in [0.15, 0.2) is 0 Å². The van der Waals surface area contributed by atoms with Crippen molar-refractivity contribution in [3.05, 3.63) is 28.8 Å². The van der Waals surface area contributed by atoms with Crippen LogP contribution in [0.2, 0.25) is 0 Å². The molecule has 0 saturated heterocycles. The molecule has 0 spiro atoms. The highest BCUT2D eigenvalue weighted by Gasteiger charge is 2.09. The van der Waals surface area contributed by atoms with Gasteiger partial charge in [0.2, 0.25) is 0 Å². The van der Waals surface area contributed by atoms with Gasteiger partial charge in [-0.3, -0.25) is 9.59 Å². The van der Waals surface area contributed by atoms with Crippen LogP contribution in [0.15, 0.2) is 12.1 Å². The van der Waals surface area contributed by atoms with Crippen LogP contribution in [0.25, 0.3) is 0 Å². The lowest BCUT2D eigenvalue weighted by Gasteiger charge is -2.12. The fraction of sp³-hybridized carbons (Fsp3) is 0.385. The van der Waals surface area contributed by atoms with Crippen molar-refractivity contribution >= 4 is 11.8 Å². The van der Waals surface area contributed by atoms with Crippen LogP contribution in [-0.2, 0) is 16.0 Å². The second kappa shape index (κ2) is 6.05. The number of nitrogens with two attached hydrogens (primary N) is 1. The lowest BCUT2D eigenvalue weighted by Crippen LogP contribution is -2.37. The van der Waals surface area contributed by atoms with Crippen molar-refractivity contribution in [3.63, 3.8) is 0 Å². The van der Waals surface area contributed by atoms with Gasteiger partial charge >= 0.3 is 11.8 Å². The van der Waals surface area contributed by atoms with E-state index in [1.165, 1.54) is 0 Å². The summed E-state index contributed by atoms with van der Waals surface area (Å²) in [7, 11) is 1.63. The molecule has 0 aliphatic heterocycles. The van der Waals surface area contributed by atoms with Crippen molar-refractivity contribution in [1.29, 1.82) is 0 Å². The number of hydrogen-bond donors (Lipinski definition) is 2. The van der Waals surface area contributed by atoms with Gasteiger partial charge in [-0.05, 0) is 43.0 Å². The van der Waals surface area contributed by atoms with Crippen molar-refractivity contribution in [2.45, 2.75) is 20.3 Å². The number of hydrogen-bond acceptors (Lipinski definition) is 3. The predicted molar refractivity (Wildman–Crippen MR) is 68.4 cm³/mol. The van der Waals surface area contributed by atoms with Gasteiger partial charge < -0.3 is 15.8 Å². The molecule has 0 radical (unpaired) electrons. The van der Waals surface area contributed by atoms with Gasteiger partial charge in [0, 0.05) is 6.54 Å². The molecule has 0 aliphatic carbocycles. The summed E-state index contributed by atoms with van der Waals surface area (Å²) in [6.45, 7) is 4.37. The summed E-state index contributed by atoms with van der Waals surface area (Å²) in [6, 6.07) is 3.85. The number of carbonyl (C=O) groups excluding carboxylic acids is 2. The number of benzene rings is 1. The molecule has 18 heavy (non-hydrogen) atoms. The molecular weight excluding hydrogens is 232 g/mol. The SMILES string of the molecule is COc1ccc(CCNC(=O)C(N)=O)c(C)c1C. The quantitative estimate of drug-likeness (QED) is 0.761. The van der Waals surface area contributed by atoms with Crippen molar-refractivity contribution in [2.24, 2.45) is 5.73 Å². The smallest absolute Gasteiger partial charge is 0.309 e. The van der Waals surface area contributed by atoms with E-state index in [-0.39, 0.29) is 0 Å². The summed E-state index contributed by atoms with van der Waals surface area (Å²) >= 11 is 0. The standard InChI is InChI=1S/C13H18N2O3/c1-8-9(2)11(18-3)5-4-10(8)6-7-15-13(17)12(14)16/h4-5H,6-7H2,1-3H3,(H2,14,16)(H,15,17). The van der Waals surface area contributed by atoms with Gasteiger partial charge in [-0.25, -0.2) is 0 Å². The molecule has 2 amide bonds. The maximum absolute atomic E-state index is 11.0. The molecule has 0 aliphatic rings. The van der Waals surface area contributed by atoms with Crippen LogP contribution in [0.5, 0.6) is 5.75 Å². The van der Waals surface area contributed by atoms with E-state index in [4.69, 9.17) is 10.5 Å². The van der Waals surface area contributed by atoms with Gasteiger partial charge in [0.25, 0.3) is 0 Å². The minimum atomic E-state index is -0.961. The van der Waals surface area contributed by atoms with Gasteiger partial charge in [-0.15, -0.1) is 0 Å². The molecule has 0 bridgehead atoms. The molecule has 1 rings (SSSR count). The normalized spacial score (nSPS) is 9.94. The first-order chi connectivity index (χ1) is 8.47. The third-order valence-corrected chi connectivity index (χ3v) is 2.97. The van der Waals surface area contributed by atoms with Crippen LogP contribution in [0.3, 0.4) is 0 Å². The second-order valence-electron chi connectivity index (χ2n) is 4.05. The monoisotopic (exact) mass is 250 g/mol. The number of methoxy groups -OCH3 is 1. The first-order valence-electron chi connectivity index (χ1n) is 5.68. The molecule has 0 fully saturated rings. The van der Waals surface area contributed by atoms with E-state index in [1.807, 2.05) is 26.0 Å². The van der Waals surface area contributed by atoms with Gasteiger partial charge in [-0.1, -0.05) is 6.07 Å². The summed E-state index contributed by atoms with van der Waals surface area (Å²) in [6.07, 6.45) is 0.648. The van der Waals surface area contributed by atoms with E-state index in [2.05, 4.69) is 5.32 Å². The van der Waals surface area contributed by atoms with Gasteiger partial charge in [0.05, 0.1) is 7.11 Å². The zero-order valence-corrected chi connectivity index (χ0v) is 10.9. The largest absolute Gasteiger partial charge is 0.496 e. The average Bonchev–Trinajstić information content (AvgIpc) is 2.34. The number of carbonyl (C=O) groups is 2. The predicted octanol–water partition coefficient (Wildman–Crippen LogP) is 0.456. The Morgan fingerprint density at radius 3 is 2.50 bits per heavy atom. The zero-order valence-electron chi connectivity index (χ0n) is 10.9. The molecule has 0 aromatic heterocycles. The summed E-state index contributed by atoms with van der Waals surface area (Å²) < 4.78 is 5.22. The Labute approximate surface area is 106 Å². The van der Waals surface area contributed by atoms with Crippen LogP contribution >= 0.6 is 0 Å². The molecule has 1 aromatic rings. The number of primary amides is 1. The highest BCUT2D eigenvalue weighted by molar-refractivity contribution is 6.34. The minimum Gasteiger partial charge on any atom is -0.496 e. The Morgan fingerprint density at radius 1 is 1.28 bits per heavy atom. The van der Waals surface area contributed by atoms with Crippen molar-refractivity contribution < 1.29 is 14.3 Å². The van der Waals surface area contributed by atoms with E-state index in [0.717, 1.165) is 22.4 Å². The van der Waals surface area contributed by atoms with Crippen LogP contribution in [0.1, 0.15) is 16.7 Å². The van der Waals surface area contributed by atoms with Gasteiger partial charge in [-0.2, -0.15) is 0 Å². The minimum absolute atomic E-state index is 0.383. The van der Waals surface area contributed by atoms with Crippen LogP contribution in [-0.4, -0.2) is 25.5 Å². The van der Waals surface area contributed by atoms with Crippen LogP contribution in [0.4, 0.5) is 0 Å². The van der Waals surface area contributed by atoms with E-state index < -0.39 is 11.8 Å². The highest BCUT2D eigenvalue weighted by Crippen LogP contribution is 2.23. The molecule has 5 heteroatoms. The number of ether oxygens (including phenoxy) is 1. The number of rotatable bonds is 4. The topological polar surface area (TPSA) is 81.4 Å². The Morgan fingerprint density at radius 2 is 1.94 bits per heavy atom. The first-order valence-corrected chi connectivity index (χ1v) is 5.68. The van der Waals surface area contributed by atoms with Crippen LogP contribution < -0.4 is 15.8 Å². The van der Waals surface area contributed by atoms with Crippen molar-refractivity contribution in [3.8, 4) is 5.75 Å².